The third-order valence-electron chi connectivity index (χ3n) is 5.92. The third-order valence-corrected chi connectivity index (χ3v) is 5.92. The standard InChI is InChI=1S/C24H28N4O3/c1-3-21(23-25-20-12-8-7-11-19(20)24(30)26(23)2)27-13-15-28(16-14-27)22(29)17-31-18-9-5-4-6-10-18/h4-12,21H,3,13-17H2,1-2H3. The molecule has 1 aliphatic rings. The fraction of sp³-hybridized carbons (Fsp3) is 0.375. The molecular formula is C24H28N4O3. The number of hydrogen-bond donors (Lipinski definition) is 0. The van der Waals surface area contributed by atoms with Crippen molar-refractivity contribution in [1.82, 2.24) is 19.4 Å². The highest BCUT2D eigenvalue weighted by molar-refractivity contribution is 5.78. The van der Waals surface area contributed by atoms with Crippen LogP contribution in [0.5, 0.6) is 5.75 Å². The number of piperazine rings is 1. The molecule has 0 spiro atoms. The molecule has 2 aromatic carbocycles. The number of aromatic nitrogens is 2. The van der Waals surface area contributed by atoms with Gasteiger partial charge in [0.25, 0.3) is 11.5 Å². The van der Waals surface area contributed by atoms with Gasteiger partial charge in [-0.15, -0.1) is 0 Å². The number of ether oxygens (including phenoxy) is 1. The van der Waals surface area contributed by atoms with Crippen LogP contribution in [0.1, 0.15) is 25.2 Å². The van der Waals surface area contributed by atoms with Gasteiger partial charge in [-0.3, -0.25) is 19.1 Å². The van der Waals surface area contributed by atoms with Crippen molar-refractivity contribution in [2.24, 2.45) is 7.05 Å². The largest absolute Gasteiger partial charge is 0.484 e. The summed E-state index contributed by atoms with van der Waals surface area (Å²) in [5, 5.41) is 0.637. The summed E-state index contributed by atoms with van der Waals surface area (Å²) in [5.74, 6) is 1.47. The Hall–Kier alpha value is -3.19. The highest BCUT2D eigenvalue weighted by Crippen LogP contribution is 2.24. The van der Waals surface area contributed by atoms with Gasteiger partial charge in [0.05, 0.1) is 16.9 Å². The molecule has 31 heavy (non-hydrogen) atoms. The van der Waals surface area contributed by atoms with Crippen LogP contribution in [-0.2, 0) is 11.8 Å². The molecule has 0 bridgehead atoms. The van der Waals surface area contributed by atoms with Crippen LogP contribution in [0, 0.1) is 0 Å². The Labute approximate surface area is 181 Å². The Morgan fingerprint density at radius 2 is 1.71 bits per heavy atom. The number of benzene rings is 2. The number of rotatable bonds is 6. The van der Waals surface area contributed by atoms with E-state index in [2.05, 4.69) is 11.8 Å². The second kappa shape index (κ2) is 9.31. The maximum absolute atomic E-state index is 12.8. The van der Waals surface area contributed by atoms with Gasteiger partial charge < -0.3 is 9.64 Å². The summed E-state index contributed by atoms with van der Waals surface area (Å²) in [7, 11) is 1.79. The van der Waals surface area contributed by atoms with Gasteiger partial charge in [0.2, 0.25) is 0 Å². The predicted octanol–water partition coefficient (Wildman–Crippen LogP) is 2.61. The SMILES string of the molecule is CCC(c1nc2ccccc2c(=O)n1C)N1CCN(C(=O)COc2ccccc2)CC1. The molecule has 0 saturated carbocycles. The van der Waals surface area contributed by atoms with E-state index in [4.69, 9.17) is 9.72 Å². The molecule has 1 amide bonds. The first-order valence-corrected chi connectivity index (χ1v) is 10.7. The van der Waals surface area contributed by atoms with E-state index in [1.807, 2.05) is 59.5 Å². The van der Waals surface area contributed by atoms with Crippen molar-refractivity contribution < 1.29 is 9.53 Å². The molecule has 162 valence electrons. The molecule has 1 aromatic heterocycles. The molecule has 0 N–H and O–H groups in total. The number of fused-ring (bicyclic) bond motifs is 1. The lowest BCUT2D eigenvalue weighted by atomic mass is 10.1. The zero-order valence-corrected chi connectivity index (χ0v) is 18.0. The van der Waals surface area contributed by atoms with Crippen LogP contribution in [0.2, 0.25) is 0 Å². The maximum atomic E-state index is 12.8. The van der Waals surface area contributed by atoms with E-state index in [9.17, 15) is 9.59 Å². The van der Waals surface area contributed by atoms with Gasteiger partial charge in [-0.25, -0.2) is 4.98 Å². The molecule has 0 aliphatic carbocycles. The molecule has 1 saturated heterocycles. The zero-order valence-electron chi connectivity index (χ0n) is 18.0. The van der Waals surface area contributed by atoms with E-state index in [0.29, 0.717) is 24.2 Å². The van der Waals surface area contributed by atoms with Gasteiger partial charge in [-0.2, -0.15) is 0 Å². The van der Waals surface area contributed by atoms with Crippen LogP contribution >= 0.6 is 0 Å². The second-order valence-corrected chi connectivity index (χ2v) is 7.79. The Morgan fingerprint density at radius 1 is 1.03 bits per heavy atom. The summed E-state index contributed by atoms with van der Waals surface area (Å²) < 4.78 is 7.27. The third kappa shape index (κ3) is 4.46. The average Bonchev–Trinajstić information content (AvgIpc) is 2.82. The van der Waals surface area contributed by atoms with Crippen molar-refractivity contribution in [3.05, 3.63) is 70.8 Å². The molecule has 7 nitrogen and oxygen atoms in total. The summed E-state index contributed by atoms with van der Waals surface area (Å²) in [6, 6.07) is 16.9. The summed E-state index contributed by atoms with van der Waals surface area (Å²) in [5.41, 5.74) is 0.705. The lowest BCUT2D eigenvalue weighted by Crippen LogP contribution is -2.51. The van der Waals surface area contributed by atoms with E-state index in [1.54, 1.807) is 11.6 Å². The first-order chi connectivity index (χ1) is 15.1. The highest BCUT2D eigenvalue weighted by atomic mass is 16.5. The van der Waals surface area contributed by atoms with Crippen LogP contribution in [0.25, 0.3) is 10.9 Å². The Bertz CT molecular complexity index is 1100. The quantitative estimate of drug-likeness (QED) is 0.613. The van der Waals surface area contributed by atoms with E-state index in [1.165, 1.54) is 0 Å². The first kappa shape index (κ1) is 21.1. The van der Waals surface area contributed by atoms with Crippen LogP contribution in [0.15, 0.2) is 59.4 Å². The number of hydrogen-bond acceptors (Lipinski definition) is 5. The maximum Gasteiger partial charge on any atom is 0.261 e. The lowest BCUT2D eigenvalue weighted by Gasteiger charge is -2.39. The van der Waals surface area contributed by atoms with Crippen molar-refractivity contribution in [2.75, 3.05) is 32.8 Å². The number of nitrogens with zero attached hydrogens (tertiary/aromatic N) is 4. The van der Waals surface area contributed by atoms with E-state index < -0.39 is 0 Å². The van der Waals surface area contributed by atoms with E-state index >= 15 is 0 Å². The van der Waals surface area contributed by atoms with Crippen molar-refractivity contribution in [2.45, 2.75) is 19.4 Å². The van der Waals surface area contributed by atoms with Gasteiger partial charge in [-0.1, -0.05) is 37.3 Å². The van der Waals surface area contributed by atoms with Gasteiger partial charge in [-0.05, 0) is 30.7 Å². The van der Waals surface area contributed by atoms with Crippen molar-refractivity contribution in [1.29, 1.82) is 0 Å². The van der Waals surface area contributed by atoms with Crippen LogP contribution in [0.3, 0.4) is 0 Å². The van der Waals surface area contributed by atoms with Gasteiger partial charge in [0, 0.05) is 33.2 Å². The molecule has 1 fully saturated rings. The number of carbonyl (C=O) groups excluding carboxylic acids is 1. The van der Waals surface area contributed by atoms with Crippen molar-refractivity contribution in [3.63, 3.8) is 0 Å². The summed E-state index contributed by atoms with van der Waals surface area (Å²) in [6.07, 6.45) is 0.837. The molecular weight excluding hydrogens is 392 g/mol. The molecule has 3 aromatic rings. The number of carbonyl (C=O) groups is 1. The lowest BCUT2D eigenvalue weighted by molar-refractivity contribution is -0.135. The second-order valence-electron chi connectivity index (χ2n) is 7.79. The van der Waals surface area contributed by atoms with Crippen molar-refractivity contribution in [3.8, 4) is 5.75 Å². The normalized spacial score (nSPS) is 15.7. The average molecular weight is 421 g/mol. The molecule has 1 atom stereocenters. The zero-order chi connectivity index (χ0) is 21.8. The monoisotopic (exact) mass is 420 g/mol. The molecule has 0 radical (unpaired) electrons. The van der Waals surface area contributed by atoms with E-state index in [0.717, 1.165) is 30.9 Å². The first-order valence-electron chi connectivity index (χ1n) is 10.7. The summed E-state index contributed by atoms with van der Waals surface area (Å²) in [4.78, 5) is 34.4. The number of para-hydroxylation sites is 2. The Balaban J connectivity index is 1.43. The smallest absolute Gasteiger partial charge is 0.261 e. The molecule has 7 heteroatoms. The molecule has 1 unspecified atom stereocenters. The van der Waals surface area contributed by atoms with Crippen LogP contribution in [0.4, 0.5) is 0 Å². The van der Waals surface area contributed by atoms with Gasteiger partial charge >= 0.3 is 0 Å². The van der Waals surface area contributed by atoms with E-state index in [-0.39, 0.29) is 24.1 Å². The Morgan fingerprint density at radius 3 is 2.42 bits per heavy atom. The minimum atomic E-state index is -0.0223. The minimum Gasteiger partial charge on any atom is -0.484 e. The van der Waals surface area contributed by atoms with Crippen LogP contribution < -0.4 is 10.3 Å². The molecule has 2 heterocycles. The topological polar surface area (TPSA) is 67.7 Å². The van der Waals surface area contributed by atoms with Crippen LogP contribution in [-0.4, -0.2) is 58.0 Å². The fourth-order valence-corrected chi connectivity index (χ4v) is 4.17. The van der Waals surface area contributed by atoms with Crippen molar-refractivity contribution >= 4 is 16.8 Å². The minimum absolute atomic E-state index is 0.00668. The highest BCUT2D eigenvalue weighted by Gasteiger charge is 2.28. The summed E-state index contributed by atoms with van der Waals surface area (Å²) in [6.45, 7) is 4.89. The molecule has 1 aliphatic heterocycles. The Kier molecular flexibility index (Phi) is 6.32. The predicted molar refractivity (Wildman–Crippen MR) is 120 cm³/mol. The number of amides is 1. The van der Waals surface area contributed by atoms with Gasteiger partial charge in [0.15, 0.2) is 6.61 Å². The summed E-state index contributed by atoms with van der Waals surface area (Å²) >= 11 is 0. The fourth-order valence-electron chi connectivity index (χ4n) is 4.17. The molecule has 4 rings (SSSR count). The van der Waals surface area contributed by atoms with Gasteiger partial charge in [0.1, 0.15) is 11.6 Å².